The number of hydrogen-bond acceptors (Lipinski definition) is 6. The van der Waals surface area contributed by atoms with Crippen molar-refractivity contribution in [1.29, 1.82) is 0 Å². The third-order valence-corrected chi connectivity index (χ3v) is 4.26. The van der Waals surface area contributed by atoms with Gasteiger partial charge in [-0.05, 0) is 24.8 Å². The third kappa shape index (κ3) is 4.68. The Labute approximate surface area is 146 Å². The van der Waals surface area contributed by atoms with Gasteiger partial charge >= 0.3 is 6.03 Å². The van der Waals surface area contributed by atoms with Crippen LogP contribution >= 0.6 is 0 Å². The van der Waals surface area contributed by atoms with Crippen LogP contribution < -0.4 is 10.1 Å². The number of carbonyl (C=O) groups excluding carboxylic acids is 1. The van der Waals surface area contributed by atoms with Gasteiger partial charge in [-0.1, -0.05) is 11.2 Å². The zero-order valence-electron chi connectivity index (χ0n) is 14.6. The Morgan fingerprint density at radius 3 is 3.08 bits per heavy atom. The summed E-state index contributed by atoms with van der Waals surface area (Å²) in [6.45, 7) is 3.62. The van der Waals surface area contributed by atoms with Gasteiger partial charge < -0.3 is 19.5 Å². The minimum Gasteiger partial charge on any atom is -0.481 e. The van der Waals surface area contributed by atoms with E-state index in [0.29, 0.717) is 36.6 Å². The number of likely N-dealkylation sites (tertiary alicyclic amines) is 1. The number of methoxy groups -OCH3 is 1. The van der Waals surface area contributed by atoms with E-state index in [4.69, 9.17) is 9.26 Å². The molecule has 3 rings (SSSR count). The lowest BCUT2D eigenvalue weighted by Gasteiger charge is -2.32. The molecule has 25 heavy (non-hydrogen) atoms. The predicted molar refractivity (Wildman–Crippen MR) is 90.1 cm³/mol. The van der Waals surface area contributed by atoms with Crippen LogP contribution in [0.2, 0.25) is 0 Å². The van der Waals surface area contributed by atoms with E-state index in [1.165, 1.54) is 0 Å². The van der Waals surface area contributed by atoms with Gasteiger partial charge in [0.25, 0.3) is 0 Å². The molecular formula is C17H23N5O3. The number of carbonyl (C=O) groups is 1. The summed E-state index contributed by atoms with van der Waals surface area (Å²) in [7, 11) is 1.57. The molecule has 1 aliphatic heterocycles. The molecule has 8 heteroatoms. The van der Waals surface area contributed by atoms with Crippen LogP contribution in [0.1, 0.15) is 30.3 Å². The maximum Gasteiger partial charge on any atom is 0.317 e. The molecular weight excluding hydrogens is 322 g/mol. The summed E-state index contributed by atoms with van der Waals surface area (Å²) in [5, 5.41) is 6.87. The summed E-state index contributed by atoms with van der Waals surface area (Å²) >= 11 is 0. The topological polar surface area (TPSA) is 93.4 Å². The number of pyridine rings is 1. The van der Waals surface area contributed by atoms with Gasteiger partial charge in [-0.2, -0.15) is 4.98 Å². The van der Waals surface area contributed by atoms with E-state index in [9.17, 15) is 4.79 Å². The number of aromatic nitrogens is 3. The van der Waals surface area contributed by atoms with Gasteiger partial charge in [-0.15, -0.1) is 0 Å². The van der Waals surface area contributed by atoms with E-state index in [1.54, 1.807) is 20.1 Å². The molecule has 0 spiro atoms. The van der Waals surface area contributed by atoms with Crippen LogP contribution in [-0.2, 0) is 13.0 Å². The van der Waals surface area contributed by atoms with Crippen LogP contribution in [0.5, 0.6) is 5.88 Å². The molecule has 2 amide bonds. The number of amides is 2. The molecule has 0 aliphatic carbocycles. The molecule has 0 saturated carbocycles. The van der Waals surface area contributed by atoms with E-state index < -0.39 is 0 Å². The fourth-order valence-electron chi connectivity index (χ4n) is 3.05. The first-order chi connectivity index (χ1) is 12.1. The summed E-state index contributed by atoms with van der Waals surface area (Å²) in [5.74, 6) is 2.18. The van der Waals surface area contributed by atoms with Crippen LogP contribution in [0, 0.1) is 12.8 Å². The average Bonchev–Trinajstić information content (AvgIpc) is 3.04. The van der Waals surface area contributed by atoms with Crippen molar-refractivity contribution >= 4 is 6.03 Å². The van der Waals surface area contributed by atoms with E-state index in [0.717, 1.165) is 31.5 Å². The molecule has 0 bridgehead atoms. The number of ether oxygens (including phenoxy) is 1. The summed E-state index contributed by atoms with van der Waals surface area (Å²) in [6.07, 6.45) is 2.78. The van der Waals surface area contributed by atoms with Gasteiger partial charge in [-0.3, -0.25) is 0 Å². The van der Waals surface area contributed by atoms with Gasteiger partial charge in [0.15, 0.2) is 5.82 Å². The van der Waals surface area contributed by atoms with Crippen molar-refractivity contribution < 1.29 is 14.1 Å². The van der Waals surface area contributed by atoms with Crippen LogP contribution in [0.15, 0.2) is 22.7 Å². The van der Waals surface area contributed by atoms with Crippen molar-refractivity contribution in [3.8, 4) is 5.88 Å². The average molecular weight is 345 g/mol. The van der Waals surface area contributed by atoms with Crippen LogP contribution in [-0.4, -0.2) is 46.3 Å². The van der Waals surface area contributed by atoms with Crippen LogP contribution in [0.3, 0.4) is 0 Å². The number of hydrogen-bond donors (Lipinski definition) is 1. The van der Waals surface area contributed by atoms with E-state index in [-0.39, 0.29) is 6.03 Å². The number of urea groups is 1. The highest BCUT2D eigenvalue weighted by molar-refractivity contribution is 5.74. The van der Waals surface area contributed by atoms with Crippen molar-refractivity contribution in [2.75, 3.05) is 20.2 Å². The first-order valence-electron chi connectivity index (χ1n) is 8.46. The fraction of sp³-hybridized carbons (Fsp3) is 0.529. The number of rotatable bonds is 5. The van der Waals surface area contributed by atoms with Gasteiger partial charge in [0.1, 0.15) is 0 Å². The lowest BCUT2D eigenvalue weighted by molar-refractivity contribution is 0.164. The standard InChI is InChI=1S/C17H23N5O3/c1-12-19-15(21-25-12)9-13-5-4-8-22(11-13)17(23)18-10-14-6-3-7-16(20-14)24-2/h3,6-7,13H,4-5,8-11H2,1-2H3,(H,18,23)/t13-/m0/s1. The summed E-state index contributed by atoms with van der Waals surface area (Å²) in [6, 6.07) is 5.43. The van der Waals surface area contributed by atoms with Crippen LogP contribution in [0.4, 0.5) is 4.79 Å². The molecule has 1 N–H and O–H groups in total. The number of nitrogens with one attached hydrogen (secondary N) is 1. The van der Waals surface area contributed by atoms with E-state index in [1.807, 2.05) is 17.0 Å². The molecule has 2 aromatic rings. The fourth-order valence-corrected chi connectivity index (χ4v) is 3.05. The molecule has 1 aliphatic rings. The Balaban J connectivity index is 1.51. The highest BCUT2D eigenvalue weighted by atomic mass is 16.5. The molecule has 1 atom stereocenters. The highest BCUT2D eigenvalue weighted by Gasteiger charge is 2.25. The van der Waals surface area contributed by atoms with Crippen molar-refractivity contribution in [3.05, 3.63) is 35.6 Å². The second-order valence-electron chi connectivity index (χ2n) is 6.22. The Hall–Kier alpha value is -2.64. The zero-order valence-corrected chi connectivity index (χ0v) is 14.6. The van der Waals surface area contributed by atoms with Crippen molar-refractivity contribution in [3.63, 3.8) is 0 Å². The largest absolute Gasteiger partial charge is 0.481 e. The molecule has 8 nitrogen and oxygen atoms in total. The zero-order chi connectivity index (χ0) is 17.6. The third-order valence-electron chi connectivity index (χ3n) is 4.26. The van der Waals surface area contributed by atoms with Crippen LogP contribution in [0.25, 0.3) is 0 Å². The Morgan fingerprint density at radius 2 is 2.32 bits per heavy atom. The lowest BCUT2D eigenvalue weighted by atomic mass is 9.95. The van der Waals surface area contributed by atoms with E-state index in [2.05, 4.69) is 20.4 Å². The molecule has 2 aromatic heterocycles. The molecule has 3 heterocycles. The van der Waals surface area contributed by atoms with Gasteiger partial charge in [0.2, 0.25) is 11.8 Å². The summed E-state index contributed by atoms with van der Waals surface area (Å²) in [5.41, 5.74) is 0.767. The maximum atomic E-state index is 12.4. The Bertz CT molecular complexity index is 718. The predicted octanol–water partition coefficient (Wildman–Crippen LogP) is 1.95. The summed E-state index contributed by atoms with van der Waals surface area (Å²) < 4.78 is 10.1. The summed E-state index contributed by atoms with van der Waals surface area (Å²) in [4.78, 5) is 22.8. The molecule has 1 fully saturated rings. The molecule has 0 radical (unpaired) electrons. The van der Waals surface area contributed by atoms with Crippen molar-refractivity contribution in [1.82, 2.24) is 25.3 Å². The first kappa shape index (κ1) is 17.2. The highest BCUT2D eigenvalue weighted by Crippen LogP contribution is 2.20. The van der Waals surface area contributed by atoms with Gasteiger partial charge in [-0.25, -0.2) is 9.78 Å². The Morgan fingerprint density at radius 1 is 1.44 bits per heavy atom. The SMILES string of the molecule is COc1cccc(CNC(=O)N2CCC[C@@H](Cc3noc(C)n3)C2)n1. The van der Waals surface area contributed by atoms with Gasteiger partial charge in [0, 0.05) is 32.5 Å². The number of piperidine rings is 1. The smallest absolute Gasteiger partial charge is 0.317 e. The van der Waals surface area contributed by atoms with Crippen molar-refractivity contribution in [2.45, 2.75) is 32.7 Å². The second kappa shape index (κ2) is 7.96. The minimum absolute atomic E-state index is 0.0707. The lowest BCUT2D eigenvalue weighted by Crippen LogP contribution is -2.45. The number of aryl methyl sites for hydroxylation is 1. The molecule has 0 unspecified atom stereocenters. The van der Waals surface area contributed by atoms with Crippen molar-refractivity contribution in [2.24, 2.45) is 5.92 Å². The monoisotopic (exact) mass is 345 g/mol. The normalized spacial score (nSPS) is 17.4. The Kier molecular flexibility index (Phi) is 5.47. The minimum atomic E-state index is -0.0707. The van der Waals surface area contributed by atoms with Gasteiger partial charge in [0.05, 0.1) is 19.3 Å². The maximum absolute atomic E-state index is 12.4. The first-order valence-corrected chi connectivity index (χ1v) is 8.46. The second-order valence-corrected chi connectivity index (χ2v) is 6.22. The quantitative estimate of drug-likeness (QED) is 0.890. The molecule has 0 aromatic carbocycles. The molecule has 134 valence electrons. The molecule has 1 saturated heterocycles. The van der Waals surface area contributed by atoms with E-state index >= 15 is 0 Å². The number of nitrogens with zero attached hydrogens (tertiary/aromatic N) is 4.